The van der Waals surface area contributed by atoms with Gasteiger partial charge in [-0.1, -0.05) is 53.4 Å². The second-order valence-electron chi connectivity index (χ2n) is 5.11. The van der Waals surface area contributed by atoms with Crippen LogP contribution < -0.4 is 5.73 Å². The molecule has 0 saturated heterocycles. The van der Waals surface area contributed by atoms with Crippen LogP contribution in [0.2, 0.25) is 0 Å². The Labute approximate surface area is 122 Å². The van der Waals surface area contributed by atoms with Crippen molar-refractivity contribution in [1.29, 1.82) is 0 Å². The van der Waals surface area contributed by atoms with E-state index in [9.17, 15) is 4.79 Å². The fraction of sp³-hybridized carbons (Fsp3) is 0.533. The Bertz CT molecular complexity index is 436. The molecule has 0 amide bonds. The summed E-state index contributed by atoms with van der Waals surface area (Å²) < 4.78 is 6.39. The molecule has 0 radical (unpaired) electrons. The maximum Gasteiger partial charge on any atom is 0.310 e. The summed E-state index contributed by atoms with van der Waals surface area (Å²) in [7, 11) is 0. The lowest BCUT2D eigenvalue weighted by Gasteiger charge is -2.19. The molecule has 1 saturated carbocycles. The highest BCUT2D eigenvalue weighted by atomic mass is 79.9. The smallest absolute Gasteiger partial charge is 0.310 e. The van der Waals surface area contributed by atoms with Gasteiger partial charge in [0.2, 0.25) is 0 Å². The average Bonchev–Trinajstić information content (AvgIpc) is 2.62. The van der Waals surface area contributed by atoms with E-state index in [4.69, 9.17) is 10.5 Å². The van der Waals surface area contributed by atoms with Crippen LogP contribution in [0.4, 0.5) is 0 Å². The van der Waals surface area contributed by atoms with Gasteiger partial charge in [0.1, 0.15) is 6.61 Å². The number of carbonyl (C=O) groups is 1. The van der Waals surface area contributed by atoms with Gasteiger partial charge in [-0.2, -0.15) is 0 Å². The standard InChI is InChI=1S/C15H20BrNO2/c16-13-8-5-4-6-11(13)10-19-15(18)12-7-2-1-3-9-14(12)17/h4-6,8,12,14H,1-3,7,9-10,17H2. The lowest BCUT2D eigenvalue weighted by atomic mass is 9.96. The van der Waals surface area contributed by atoms with Crippen LogP contribution >= 0.6 is 15.9 Å². The third kappa shape index (κ3) is 4.05. The number of halogens is 1. The van der Waals surface area contributed by atoms with Crippen molar-refractivity contribution in [3.63, 3.8) is 0 Å². The molecule has 0 aliphatic heterocycles. The predicted molar refractivity (Wildman–Crippen MR) is 78.5 cm³/mol. The number of ether oxygens (including phenoxy) is 1. The van der Waals surface area contributed by atoms with Crippen molar-refractivity contribution >= 4 is 21.9 Å². The second kappa shape index (κ2) is 7.06. The van der Waals surface area contributed by atoms with Crippen molar-refractivity contribution in [1.82, 2.24) is 0 Å². The number of rotatable bonds is 3. The third-order valence-electron chi connectivity index (χ3n) is 3.70. The zero-order valence-electron chi connectivity index (χ0n) is 11.0. The number of benzene rings is 1. The third-order valence-corrected chi connectivity index (χ3v) is 4.47. The summed E-state index contributed by atoms with van der Waals surface area (Å²) in [5.74, 6) is -0.282. The molecular weight excluding hydrogens is 306 g/mol. The van der Waals surface area contributed by atoms with E-state index in [-0.39, 0.29) is 17.9 Å². The fourth-order valence-electron chi connectivity index (χ4n) is 2.50. The first-order chi connectivity index (χ1) is 9.18. The summed E-state index contributed by atoms with van der Waals surface area (Å²) >= 11 is 3.45. The summed E-state index contributed by atoms with van der Waals surface area (Å²) in [5, 5.41) is 0. The molecule has 19 heavy (non-hydrogen) atoms. The second-order valence-corrected chi connectivity index (χ2v) is 5.96. The van der Waals surface area contributed by atoms with E-state index in [1.807, 2.05) is 24.3 Å². The maximum absolute atomic E-state index is 12.1. The topological polar surface area (TPSA) is 52.3 Å². The van der Waals surface area contributed by atoms with Gasteiger partial charge in [-0.05, 0) is 18.9 Å². The Hall–Kier alpha value is -0.870. The number of esters is 1. The molecule has 0 spiro atoms. The van der Waals surface area contributed by atoms with Crippen molar-refractivity contribution in [2.75, 3.05) is 0 Å². The molecule has 0 bridgehead atoms. The number of nitrogens with two attached hydrogens (primary N) is 1. The molecule has 2 rings (SSSR count). The number of carbonyl (C=O) groups excluding carboxylic acids is 1. The molecule has 0 heterocycles. The predicted octanol–water partition coefficient (Wildman–Crippen LogP) is 3.40. The van der Waals surface area contributed by atoms with E-state index in [0.717, 1.165) is 35.7 Å². The van der Waals surface area contributed by atoms with Gasteiger partial charge in [0.05, 0.1) is 5.92 Å². The summed E-state index contributed by atoms with van der Waals surface area (Å²) in [6.07, 6.45) is 5.14. The molecule has 1 aromatic rings. The van der Waals surface area contributed by atoms with Gasteiger partial charge in [0, 0.05) is 16.1 Å². The molecule has 2 N–H and O–H groups in total. The van der Waals surface area contributed by atoms with E-state index in [1.165, 1.54) is 6.42 Å². The largest absolute Gasteiger partial charge is 0.461 e. The van der Waals surface area contributed by atoms with Crippen LogP contribution in [0, 0.1) is 5.92 Å². The minimum Gasteiger partial charge on any atom is -0.461 e. The molecule has 1 aromatic carbocycles. The molecule has 3 nitrogen and oxygen atoms in total. The van der Waals surface area contributed by atoms with E-state index in [0.29, 0.717) is 6.61 Å². The van der Waals surface area contributed by atoms with E-state index < -0.39 is 0 Å². The normalized spacial score (nSPS) is 23.7. The zero-order chi connectivity index (χ0) is 13.7. The van der Waals surface area contributed by atoms with Crippen molar-refractivity contribution in [2.24, 2.45) is 11.7 Å². The molecule has 2 unspecified atom stereocenters. The number of hydrogen-bond donors (Lipinski definition) is 1. The highest BCUT2D eigenvalue weighted by Gasteiger charge is 2.28. The molecule has 104 valence electrons. The number of hydrogen-bond acceptors (Lipinski definition) is 3. The lowest BCUT2D eigenvalue weighted by molar-refractivity contribution is -0.150. The van der Waals surface area contributed by atoms with Crippen molar-refractivity contribution < 1.29 is 9.53 Å². The van der Waals surface area contributed by atoms with Gasteiger partial charge < -0.3 is 10.5 Å². The quantitative estimate of drug-likeness (QED) is 0.684. The van der Waals surface area contributed by atoms with Crippen LogP contribution in [0.3, 0.4) is 0 Å². The van der Waals surface area contributed by atoms with Crippen LogP contribution in [0.5, 0.6) is 0 Å². The molecule has 1 aliphatic rings. The molecule has 1 aliphatic carbocycles. The zero-order valence-corrected chi connectivity index (χ0v) is 12.6. The molecular formula is C15H20BrNO2. The van der Waals surface area contributed by atoms with Crippen molar-refractivity contribution in [2.45, 2.75) is 44.8 Å². The fourth-order valence-corrected chi connectivity index (χ4v) is 2.90. The van der Waals surface area contributed by atoms with E-state index >= 15 is 0 Å². The lowest BCUT2D eigenvalue weighted by Crippen LogP contribution is -2.35. The minimum absolute atomic E-state index is 0.0470. The Morgan fingerprint density at radius 2 is 2.00 bits per heavy atom. The van der Waals surface area contributed by atoms with E-state index in [2.05, 4.69) is 15.9 Å². The molecule has 2 atom stereocenters. The van der Waals surface area contributed by atoms with Crippen LogP contribution in [-0.2, 0) is 16.1 Å². The van der Waals surface area contributed by atoms with Crippen LogP contribution in [0.25, 0.3) is 0 Å². The summed E-state index contributed by atoms with van der Waals surface area (Å²) in [6, 6.07) is 7.72. The molecule has 1 fully saturated rings. The first-order valence-electron chi connectivity index (χ1n) is 6.84. The van der Waals surface area contributed by atoms with Gasteiger partial charge in [0.25, 0.3) is 0 Å². The van der Waals surface area contributed by atoms with Crippen molar-refractivity contribution in [3.8, 4) is 0 Å². The highest BCUT2D eigenvalue weighted by Crippen LogP contribution is 2.24. The Morgan fingerprint density at radius 3 is 2.79 bits per heavy atom. The highest BCUT2D eigenvalue weighted by molar-refractivity contribution is 9.10. The van der Waals surface area contributed by atoms with Gasteiger partial charge in [-0.3, -0.25) is 4.79 Å². The van der Waals surface area contributed by atoms with Crippen LogP contribution in [-0.4, -0.2) is 12.0 Å². The Balaban J connectivity index is 1.91. The monoisotopic (exact) mass is 325 g/mol. The van der Waals surface area contributed by atoms with Gasteiger partial charge >= 0.3 is 5.97 Å². The van der Waals surface area contributed by atoms with Crippen LogP contribution in [0.15, 0.2) is 28.7 Å². The molecule has 4 heteroatoms. The summed E-state index contributed by atoms with van der Waals surface area (Å²) in [5.41, 5.74) is 7.05. The Kier molecular flexibility index (Phi) is 5.40. The van der Waals surface area contributed by atoms with Crippen molar-refractivity contribution in [3.05, 3.63) is 34.3 Å². The van der Waals surface area contributed by atoms with Gasteiger partial charge in [-0.25, -0.2) is 0 Å². The Morgan fingerprint density at radius 1 is 1.26 bits per heavy atom. The van der Waals surface area contributed by atoms with Gasteiger partial charge in [0.15, 0.2) is 0 Å². The summed E-state index contributed by atoms with van der Waals surface area (Å²) in [4.78, 5) is 12.1. The average molecular weight is 326 g/mol. The summed E-state index contributed by atoms with van der Waals surface area (Å²) in [6.45, 7) is 0.309. The molecule has 0 aromatic heterocycles. The van der Waals surface area contributed by atoms with Crippen LogP contribution in [0.1, 0.15) is 37.7 Å². The minimum atomic E-state index is -0.148. The first kappa shape index (κ1) is 14.5. The SMILES string of the molecule is NC1CCCCCC1C(=O)OCc1ccccc1Br. The van der Waals surface area contributed by atoms with Gasteiger partial charge in [-0.15, -0.1) is 0 Å². The maximum atomic E-state index is 12.1. The first-order valence-corrected chi connectivity index (χ1v) is 7.63. The van der Waals surface area contributed by atoms with E-state index in [1.54, 1.807) is 0 Å².